The molecule has 1 aliphatic rings. The van der Waals surface area contributed by atoms with E-state index in [-0.39, 0.29) is 18.0 Å². The third-order valence-electron chi connectivity index (χ3n) is 3.31. The van der Waals surface area contributed by atoms with E-state index in [0.717, 1.165) is 29.7 Å². The highest BCUT2D eigenvalue weighted by Gasteiger charge is 2.32. The Hall–Kier alpha value is -0.490. The van der Waals surface area contributed by atoms with Crippen molar-refractivity contribution in [2.24, 2.45) is 0 Å². The van der Waals surface area contributed by atoms with Gasteiger partial charge in [0.05, 0.1) is 12.2 Å². The second-order valence-corrected chi connectivity index (χ2v) is 5.33. The Kier molecular flexibility index (Phi) is 4.72. The molecule has 0 N–H and O–H groups in total. The van der Waals surface area contributed by atoms with Crippen LogP contribution in [0, 0.1) is 5.82 Å². The lowest BCUT2D eigenvalue weighted by atomic mass is 10.2. The van der Waals surface area contributed by atoms with Gasteiger partial charge in [-0.2, -0.15) is 0 Å². The Labute approximate surface area is 115 Å². The lowest BCUT2D eigenvalue weighted by Gasteiger charge is -2.16. The predicted molar refractivity (Wildman–Crippen MR) is 71.0 cm³/mol. The number of likely N-dealkylation sites (tertiary alicyclic amines) is 1. The SMILES string of the molecule is COC1CN(Cc2ccc(F)cc2Br)CC1OC. The van der Waals surface area contributed by atoms with Crippen LogP contribution in [-0.4, -0.2) is 44.4 Å². The first-order valence-electron chi connectivity index (χ1n) is 5.86. The van der Waals surface area contributed by atoms with Gasteiger partial charge in [-0.1, -0.05) is 22.0 Å². The highest BCUT2D eigenvalue weighted by Crippen LogP contribution is 2.23. The van der Waals surface area contributed by atoms with E-state index in [1.165, 1.54) is 12.1 Å². The summed E-state index contributed by atoms with van der Waals surface area (Å²) in [6, 6.07) is 4.78. The van der Waals surface area contributed by atoms with Gasteiger partial charge in [0, 0.05) is 38.3 Å². The van der Waals surface area contributed by atoms with Crippen molar-refractivity contribution < 1.29 is 13.9 Å². The third-order valence-corrected chi connectivity index (χ3v) is 4.04. The van der Waals surface area contributed by atoms with Gasteiger partial charge < -0.3 is 9.47 Å². The monoisotopic (exact) mass is 317 g/mol. The Morgan fingerprint density at radius 3 is 2.39 bits per heavy atom. The van der Waals surface area contributed by atoms with E-state index in [1.54, 1.807) is 20.3 Å². The first-order chi connectivity index (χ1) is 8.63. The van der Waals surface area contributed by atoms with Gasteiger partial charge in [0.2, 0.25) is 0 Å². The molecule has 0 aliphatic carbocycles. The van der Waals surface area contributed by atoms with E-state index in [1.807, 2.05) is 0 Å². The van der Waals surface area contributed by atoms with Crippen molar-refractivity contribution in [1.82, 2.24) is 4.90 Å². The van der Waals surface area contributed by atoms with Crippen molar-refractivity contribution in [1.29, 1.82) is 0 Å². The van der Waals surface area contributed by atoms with Crippen LogP contribution in [0.25, 0.3) is 0 Å². The van der Waals surface area contributed by atoms with Crippen molar-refractivity contribution in [2.75, 3.05) is 27.3 Å². The van der Waals surface area contributed by atoms with Gasteiger partial charge in [-0.3, -0.25) is 4.90 Å². The summed E-state index contributed by atoms with van der Waals surface area (Å²) < 4.78 is 24.6. The smallest absolute Gasteiger partial charge is 0.124 e. The third kappa shape index (κ3) is 3.09. The lowest BCUT2D eigenvalue weighted by Crippen LogP contribution is -2.27. The molecule has 100 valence electrons. The van der Waals surface area contributed by atoms with Gasteiger partial charge in [-0.15, -0.1) is 0 Å². The fourth-order valence-electron chi connectivity index (χ4n) is 2.29. The highest BCUT2D eigenvalue weighted by molar-refractivity contribution is 9.10. The molecule has 0 bridgehead atoms. The van der Waals surface area contributed by atoms with Gasteiger partial charge in [0.15, 0.2) is 0 Å². The second-order valence-electron chi connectivity index (χ2n) is 4.48. The first kappa shape index (κ1) is 13.9. The van der Waals surface area contributed by atoms with Crippen LogP contribution in [0.5, 0.6) is 0 Å². The number of rotatable bonds is 4. The maximum absolute atomic E-state index is 13.0. The molecule has 2 unspecified atom stereocenters. The lowest BCUT2D eigenvalue weighted by molar-refractivity contribution is -0.00461. The van der Waals surface area contributed by atoms with E-state index in [0.29, 0.717) is 0 Å². The molecule has 1 fully saturated rings. The minimum absolute atomic E-state index is 0.106. The Bertz CT molecular complexity index is 404. The summed E-state index contributed by atoms with van der Waals surface area (Å²) in [5.74, 6) is -0.225. The molecule has 0 spiro atoms. The van der Waals surface area contributed by atoms with E-state index >= 15 is 0 Å². The first-order valence-corrected chi connectivity index (χ1v) is 6.65. The fraction of sp³-hybridized carbons (Fsp3) is 0.538. The molecule has 0 saturated carbocycles. The zero-order valence-corrected chi connectivity index (χ0v) is 12.1. The summed E-state index contributed by atoms with van der Waals surface area (Å²) in [5, 5.41) is 0. The van der Waals surface area contributed by atoms with Crippen molar-refractivity contribution in [2.45, 2.75) is 18.8 Å². The number of methoxy groups -OCH3 is 2. The summed E-state index contributed by atoms with van der Waals surface area (Å²) in [4.78, 5) is 2.25. The van der Waals surface area contributed by atoms with Gasteiger partial charge in [-0.25, -0.2) is 4.39 Å². The maximum Gasteiger partial charge on any atom is 0.124 e. The van der Waals surface area contributed by atoms with Crippen molar-refractivity contribution >= 4 is 15.9 Å². The van der Waals surface area contributed by atoms with Crippen LogP contribution in [0.15, 0.2) is 22.7 Å². The minimum atomic E-state index is -0.225. The molecular formula is C13H17BrFNO2. The molecule has 1 saturated heterocycles. The van der Waals surface area contributed by atoms with E-state index in [2.05, 4.69) is 20.8 Å². The summed E-state index contributed by atoms with van der Waals surface area (Å²) >= 11 is 3.39. The Morgan fingerprint density at radius 2 is 1.89 bits per heavy atom. The molecule has 0 aromatic heterocycles. The van der Waals surface area contributed by atoms with Gasteiger partial charge in [0.1, 0.15) is 5.82 Å². The number of ether oxygens (including phenoxy) is 2. The molecule has 2 atom stereocenters. The number of benzene rings is 1. The molecule has 18 heavy (non-hydrogen) atoms. The standard InChI is InChI=1S/C13H17BrFNO2/c1-17-12-7-16(8-13(12)18-2)6-9-3-4-10(15)5-11(9)14/h3-5,12-13H,6-8H2,1-2H3. The van der Waals surface area contributed by atoms with Crippen LogP contribution in [0.1, 0.15) is 5.56 Å². The number of halogens is 2. The zero-order valence-electron chi connectivity index (χ0n) is 10.5. The Morgan fingerprint density at radius 1 is 1.28 bits per heavy atom. The van der Waals surface area contributed by atoms with Crippen LogP contribution in [0.2, 0.25) is 0 Å². The van der Waals surface area contributed by atoms with Gasteiger partial charge in [-0.05, 0) is 17.7 Å². The molecule has 0 radical (unpaired) electrons. The van der Waals surface area contributed by atoms with E-state index in [9.17, 15) is 4.39 Å². The van der Waals surface area contributed by atoms with Crippen LogP contribution < -0.4 is 0 Å². The summed E-state index contributed by atoms with van der Waals surface area (Å²) in [6.07, 6.45) is 0.212. The van der Waals surface area contributed by atoms with Crippen LogP contribution in [-0.2, 0) is 16.0 Å². The molecule has 1 aromatic carbocycles. The normalized spacial score (nSPS) is 24.7. The second kappa shape index (κ2) is 6.10. The van der Waals surface area contributed by atoms with E-state index < -0.39 is 0 Å². The van der Waals surface area contributed by atoms with Crippen molar-refractivity contribution in [3.8, 4) is 0 Å². The zero-order chi connectivity index (χ0) is 13.1. The Balaban J connectivity index is 2.02. The molecule has 1 heterocycles. The molecule has 5 heteroatoms. The van der Waals surface area contributed by atoms with Gasteiger partial charge in [0.25, 0.3) is 0 Å². The predicted octanol–water partition coefficient (Wildman–Crippen LogP) is 2.43. The summed E-state index contributed by atoms with van der Waals surface area (Å²) in [7, 11) is 3.40. The van der Waals surface area contributed by atoms with E-state index in [4.69, 9.17) is 9.47 Å². The molecule has 1 aromatic rings. The number of hydrogen-bond acceptors (Lipinski definition) is 3. The van der Waals surface area contributed by atoms with Gasteiger partial charge >= 0.3 is 0 Å². The molecule has 3 nitrogen and oxygen atoms in total. The fourth-order valence-corrected chi connectivity index (χ4v) is 2.77. The maximum atomic E-state index is 13.0. The average Bonchev–Trinajstić information content (AvgIpc) is 2.75. The number of nitrogens with zero attached hydrogens (tertiary/aromatic N) is 1. The topological polar surface area (TPSA) is 21.7 Å². The van der Waals surface area contributed by atoms with Crippen LogP contribution >= 0.6 is 15.9 Å². The molecule has 0 amide bonds. The summed E-state index contributed by atoms with van der Waals surface area (Å²) in [6.45, 7) is 2.43. The molecular weight excluding hydrogens is 301 g/mol. The molecule has 2 rings (SSSR count). The quantitative estimate of drug-likeness (QED) is 0.851. The largest absolute Gasteiger partial charge is 0.377 e. The van der Waals surface area contributed by atoms with Crippen LogP contribution in [0.3, 0.4) is 0 Å². The minimum Gasteiger partial charge on any atom is -0.377 e. The molecule has 1 aliphatic heterocycles. The van der Waals surface area contributed by atoms with Crippen molar-refractivity contribution in [3.63, 3.8) is 0 Å². The summed E-state index contributed by atoms with van der Waals surface area (Å²) in [5.41, 5.74) is 1.07. The van der Waals surface area contributed by atoms with Crippen LogP contribution in [0.4, 0.5) is 4.39 Å². The number of hydrogen-bond donors (Lipinski definition) is 0. The van der Waals surface area contributed by atoms with Crippen molar-refractivity contribution in [3.05, 3.63) is 34.1 Å². The highest BCUT2D eigenvalue weighted by atomic mass is 79.9. The average molecular weight is 318 g/mol.